The summed E-state index contributed by atoms with van der Waals surface area (Å²) in [5, 5.41) is 3.20. The summed E-state index contributed by atoms with van der Waals surface area (Å²) in [6.45, 7) is 1.54. The average Bonchev–Trinajstić information content (AvgIpc) is 2.19. The smallest absolute Gasteiger partial charge is 0.237 e. The van der Waals surface area contributed by atoms with Crippen LogP contribution < -0.4 is 15.8 Å². The Balaban J connectivity index is 2.54. The van der Waals surface area contributed by atoms with E-state index in [2.05, 4.69) is 10.3 Å². The number of pyridine rings is 1. The van der Waals surface area contributed by atoms with Gasteiger partial charge in [0.2, 0.25) is 5.88 Å². The maximum absolute atomic E-state index is 5.38. The van der Waals surface area contributed by atoms with E-state index in [9.17, 15) is 0 Å². The SMILES string of the molecule is COc1ncccc1NCCCN. The van der Waals surface area contributed by atoms with Crippen molar-refractivity contribution in [2.75, 3.05) is 25.5 Å². The minimum atomic E-state index is 0.625. The van der Waals surface area contributed by atoms with E-state index < -0.39 is 0 Å². The molecule has 1 heterocycles. The molecule has 4 nitrogen and oxygen atoms in total. The van der Waals surface area contributed by atoms with E-state index in [4.69, 9.17) is 10.5 Å². The summed E-state index contributed by atoms with van der Waals surface area (Å²) in [4.78, 5) is 4.06. The summed E-state index contributed by atoms with van der Waals surface area (Å²) >= 11 is 0. The molecule has 0 aliphatic heterocycles. The van der Waals surface area contributed by atoms with Crippen LogP contribution in [0, 0.1) is 0 Å². The zero-order valence-corrected chi connectivity index (χ0v) is 7.79. The van der Waals surface area contributed by atoms with E-state index in [-0.39, 0.29) is 0 Å². The van der Waals surface area contributed by atoms with E-state index in [0.717, 1.165) is 18.7 Å². The molecule has 0 aliphatic carbocycles. The normalized spacial score (nSPS) is 9.69. The van der Waals surface area contributed by atoms with Crippen LogP contribution in [-0.2, 0) is 0 Å². The number of ether oxygens (including phenoxy) is 1. The first-order valence-corrected chi connectivity index (χ1v) is 4.31. The number of aromatic nitrogens is 1. The molecule has 4 heteroatoms. The van der Waals surface area contributed by atoms with Crippen molar-refractivity contribution in [3.05, 3.63) is 18.3 Å². The van der Waals surface area contributed by atoms with E-state index in [1.165, 1.54) is 0 Å². The first-order valence-electron chi connectivity index (χ1n) is 4.31. The molecule has 0 bridgehead atoms. The van der Waals surface area contributed by atoms with Crippen molar-refractivity contribution in [1.82, 2.24) is 4.98 Å². The molecule has 1 rings (SSSR count). The Hall–Kier alpha value is -1.29. The Morgan fingerprint density at radius 3 is 3.15 bits per heavy atom. The van der Waals surface area contributed by atoms with Crippen LogP contribution in [0.4, 0.5) is 5.69 Å². The monoisotopic (exact) mass is 181 g/mol. The first kappa shape index (κ1) is 9.80. The second kappa shape index (κ2) is 5.37. The van der Waals surface area contributed by atoms with Gasteiger partial charge in [0.25, 0.3) is 0 Å². The van der Waals surface area contributed by atoms with Gasteiger partial charge in [-0.2, -0.15) is 0 Å². The predicted molar refractivity (Wildman–Crippen MR) is 53.0 cm³/mol. The Morgan fingerprint density at radius 1 is 1.62 bits per heavy atom. The number of methoxy groups -OCH3 is 1. The summed E-state index contributed by atoms with van der Waals surface area (Å²) in [6.07, 6.45) is 2.64. The summed E-state index contributed by atoms with van der Waals surface area (Å²) in [5.41, 5.74) is 6.29. The van der Waals surface area contributed by atoms with Gasteiger partial charge in [-0.1, -0.05) is 0 Å². The fourth-order valence-electron chi connectivity index (χ4n) is 1.01. The molecule has 0 saturated heterocycles. The fourth-order valence-corrected chi connectivity index (χ4v) is 1.01. The molecular formula is C9H15N3O. The molecule has 3 N–H and O–H groups in total. The minimum Gasteiger partial charge on any atom is -0.480 e. The number of nitrogens with one attached hydrogen (secondary N) is 1. The molecule has 0 atom stereocenters. The number of nitrogens with two attached hydrogens (primary N) is 1. The molecule has 1 aromatic rings. The van der Waals surface area contributed by atoms with Crippen LogP contribution in [0.25, 0.3) is 0 Å². The molecular weight excluding hydrogens is 166 g/mol. The molecule has 0 saturated carbocycles. The van der Waals surface area contributed by atoms with Crippen molar-refractivity contribution in [3.63, 3.8) is 0 Å². The van der Waals surface area contributed by atoms with Gasteiger partial charge in [0.1, 0.15) is 0 Å². The Kier molecular flexibility index (Phi) is 4.05. The van der Waals surface area contributed by atoms with Gasteiger partial charge in [-0.25, -0.2) is 4.98 Å². The number of hydrogen-bond acceptors (Lipinski definition) is 4. The Labute approximate surface area is 78.1 Å². The Morgan fingerprint density at radius 2 is 2.46 bits per heavy atom. The molecule has 0 amide bonds. The van der Waals surface area contributed by atoms with E-state index in [1.54, 1.807) is 13.3 Å². The molecule has 0 aromatic carbocycles. The Bertz CT molecular complexity index is 252. The van der Waals surface area contributed by atoms with Gasteiger partial charge in [0, 0.05) is 12.7 Å². The molecule has 72 valence electrons. The van der Waals surface area contributed by atoms with Gasteiger partial charge in [-0.3, -0.25) is 0 Å². The summed E-state index contributed by atoms with van der Waals surface area (Å²) in [7, 11) is 1.61. The molecule has 1 aromatic heterocycles. The van der Waals surface area contributed by atoms with E-state index in [0.29, 0.717) is 12.4 Å². The van der Waals surface area contributed by atoms with Crippen molar-refractivity contribution >= 4 is 5.69 Å². The summed E-state index contributed by atoms with van der Waals surface area (Å²) in [6, 6.07) is 3.80. The highest BCUT2D eigenvalue weighted by Crippen LogP contribution is 2.19. The quantitative estimate of drug-likeness (QED) is 0.661. The van der Waals surface area contributed by atoms with Crippen molar-refractivity contribution in [2.24, 2.45) is 5.73 Å². The third kappa shape index (κ3) is 2.91. The second-order valence-corrected chi connectivity index (χ2v) is 2.63. The second-order valence-electron chi connectivity index (χ2n) is 2.63. The van der Waals surface area contributed by atoms with E-state index in [1.807, 2.05) is 12.1 Å². The lowest BCUT2D eigenvalue weighted by Gasteiger charge is -2.08. The number of anilines is 1. The maximum Gasteiger partial charge on any atom is 0.237 e. The van der Waals surface area contributed by atoms with E-state index >= 15 is 0 Å². The maximum atomic E-state index is 5.38. The van der Waals surface area contributed by atoms with Crippen LogP contribution in [0.2, 0.25) is 0 Å². The lowest BCUT2D eigenvalue weighted by molar-refractivity contribution is 0.399. The zero-order chi connectivity index (χ0) is 9.52. The van der Waals surface area contributed by atoms with Gasteiger partial charge in [-0.15, -0.1) is 0 Å². The average molecular weight is 181 g/mol. The van der Waals surface area contributed by atoms with Gasteiger partial charge in [-0.05, 0) is 25.1 Å². The lowest BCUT2D eigenvalue weighted by atomic mass is 10.3. The van der Waals surface area contributed by atoms with Gasteiger partial charge < -0.3 is 15.8 Å². The van der Waals surface area contributed by atoms with Gasteiger partial charge in [0.15, 0.2) is 0 Å². The standard InChI is InChI=1S/C9H15N3O/c1-13-9-8(4-2-6-12-9)11-7-3-5-10/h2,4,6,11H,3,5,7,10H2,1H3. The summed E-state index contributed by atoms with van der Waals surface area (Å²) in [5.74, 6) is 0.625. The summed E-state index contributed by atoms with van der Waals surface area (Å²) < 4.78 is 5.07. The molecule has 0 unspecified atom stereocenters. The van der Waals surface area contributed by atoms with Crippen LogP contribution in [-0.4, -0.2) is 25.2 Å². The van der Waals surface area contributed by atoms with Crippen molar-refractivity contribution in [1.29, 1.82) is 0 Å². The van der Waals surface area contributed by atoms with Gasteiger partial charge in [0.05, 0.1) is 12.8 Å². The molecule has 0 spiro atoms. The highest BCUT2D eigenvalue weighted by atomic mass is 16.5. The topological polar surface area (TPSA) is 60.2 Å². The highest BCUT2D eigenvalue weighted by molar-refractivity contribution is 5.51. The molecule has 0 aliphatic rings. The fraction of sp³-hybridized carbons (Fsp3) is 0.444. The van der Waals surface area contributed by atoms with Crippen LogP contribution in [0.15, 0.2) is 18.3 Å². The molecule has 13 heavy (non-hydrogen) atoms. The largest absolute Gasteiger partial charge is 0.480 e. The van der Waals surface area contributed by atoms with Crippen molar-refractivity contribution in [3.8, 4) is 5.88 Å². The third-order valence-electron chi connectivity index (χ3n) is 1.66. The van der Waals surface area contributed by atoms with Gasteiger partial charge >= 0.3 is 0 Å². The number of hydrogen-bond donors (Lipinski definition) is 2. The number of nitrogens with zero attached hydrogens (tertiary/aromatic N) is 1. The predicted octanol–water partition coefficient (Wildman–Crippen LogP) is 0.851. The minimum absolute atomic E-state index is 0.625. The lowest BCUT2D eigenvalue weighted by Crippen LogP contribution is -2.09. The van der Waals surface area contributed by atoms with Crippen molar-refractivity contribution in [2.45, 2.75) is 6.42 Å². The third-order valence-corrected chi connectivity index (χ3v) is 1.66. The zero-order valence-electron chi connectivity index (χ0n) is 7.79. The number of rotatable bonds is 5. The van der Waals surface area contributed by atoms with Crippen LogP contribution in [0.1, 0.15) is 6.42 Å². The first-order chi connectivity index (χ1) is 6.38. The molecule has 0 fully saturated rings. The van der Waals surface area contributed by atoms with Crippen LogP contribution in [0.3, 0.4) is 0 Å². The van der Waals surface area contributed by atoms with Crippen LogP contribution >= 0.6 is 0 Å². The van der Waals surface area contributed by atoms with Crippen LogP contribution in [0.5, 0.6) is 5.88 Å². The van der Waals surface area contributed by atoms with Crippen molar-refractivity contribution < 1.29 is 4.74 Å². The highest BCUT2D eigenvalue weighted by Gasteiger charge is 2.00. The molecule has 0 radical (unpaired) electrons.